The molecule has 0 unspecified atom stereocenters. The summed E-state index contributed by atoms with van der Waals surface area (Å²) in [5.41, 5.74) is 5.47. The van der Waals surface area contributed by atoms with Gasteiger partial charge in [0.25, 0.3) is 0 Å². The van der Waals surface area contributed by atoms with Crippen molar-refractivity contribution in [1.29, 1.82) is 0 Å². The van der Waals surface area contributed by atoms with Crippen LogP contribution < -0.4 is 5.73 Å². The van der Waals surface area contributed by atoms with Gasteiger partial charge in [-0.05, 0) is 44.8 Å². The van der Waals surface area contributed by atoms with E-state index in [-0.39, 0.29) is 0 Å². The normalized spacial score (nSPS) is 20.1. The monoisotopic (exact) mass is 200 g/mol. The lowest BCUT2D eigenvalue weighted by Gasteiger charge is -2.31. The Morgan fingerprint density at radius 1 is 1.21 bits per heavy atom. The zero-order chi connectivity index (χ0) is 10.2. The van der Waals surface area contributed by atoms with Crippen molar-refractivity contribution in [3.05, 3.63) is 0 Å². The lowest BCUT2D eigenvalue weighted by atomic mass is 9.91. The highest BCUT2D eigenvalue weighted by Gasteiger charge is 2.17. The van der Waals surface area contributed by atoms with Crippen LogP contribution in [0.3, 0.4) is 0 Å². The molecular formula is C11H24N2O. The predicted molar refractivity (Wildman–Crippen MR) is 59.2 cm³/mol. The van der Waals surface area contributed by atoms with E-state index in [1.165, 1.54) is 45.2 Å². The van der Waals surface area contributed by atoms with E-state index >= 15 is 0 Å². The molecule has 0 aromatic heterocycles. The summed E-state index contributed by atoms with van der Waals surface area (Å²) in [7, 11) is 0. The van der Waals surface area contributed by atoms with Crippen molar-refractivity contribution in [2.75, 3.05) is 32.8 Å². The first kappa shape index (κ1) is 12.0. The second-order valence-corrected chi connectivity index (χ2v) is 4.29. The van der Waals surface area contributed by atoms with Gasteiger partial charge in [-0.2, -0.15) is 0 Å². The van der Waals surface area contributed by atoms with Gasteiger partial charge in [-0.15, -0.1) is 0 Å². The summed E-state index contributed by atoms with van der Waals surface area (Å²) in [4.78, 5) is 2.36. The zero-order valence-electron chi connectivity index (χ0n) is 9.12. The molecule has 1 aliphatic rings. The van der Waals surface area contributed by atoms with Gasteiger partial charge in [0.2, 0.25) is 0 Å². The molecule has 0 bridgehead atoms. The van der Waals surface area contributed by atoms with E-state index in [1.54, 1.807) is 0 Å². The fourth-order valence-corrected chi connectivity index (χ4v) is 2.22. The third kappa shape index (κ3) is 4.40. The molecule has 1 saturated heterocycles. The van der Waals surface area contributed by atoms with Crippen LogP contribution in [-0.4, -0.2) is 42.8 Å². The number of nitrogens with two attached hydrogens (primary N) is 1. The van der Waals surface area contributed by atoms with E-state index < -0.39 is 0 Å². The highest BCUT2D eigenvalue weighted by molar-refractivity contribution is 4.72. The first-order valence-corrected chi connectivity index (χ1v) is 5.90. The lowest BCUT2D eigenvalue weighted by molar-refractivity contribution is 0.143. The van der Waals surface area contributed by atoms with Gasteiger partial charge in [0.1, 0.15) is 0 Å². The van der Waals surface area contributed by atoms with Gasteiger partial charge < -0.3 is 15.7 Å². The molecule has 14 heavy (non-hydrogen) atoms. The standard InChI is InChI=1S/C11H24N2O/c12-6-2-1-3-11-4-7-13(8-5-11)9-10-14/h11,14H,1-10,12H2. The number of aliphatic hydroxyl groups excluding tert-OH is 1. The van der Waals surface area contributed by atoms with Gasteiger partial charge >= 0.3 is 0 Å². The Hall–Kier alpha value is -0.120. The third-order valence-electron chi connectivity index (χ3n) is 3.19. The van der Waals surface area contributed by atoms with Crippen LogP contribution in [-0.2, 0) is 0 Å². The number of hydrogen-bond acceptors (Lipinski definition) is 3. The van der Waals surface area contributed by atoms with Crippen molar-refractivity contribution in [3.63, 3.8) is 0 Å². The Morgan fingerprint density at radius 3 is 2.50 bits per heavy atom. The van der Waals surface area contributed by atoms with Crippen LogP contribution in [0.5, 0.6) is 0 Å². The van der Waals surface area contributed by atoms with Crippen molar-refractivity contribution >= 4 is 0 Å². The summed E-state index contributed by atoms with van der Waals surface area (Å²) in [6.45, 7) is 4.35. The summed E-state index contributed by atoms with van der Waals surface area (Å²) in [6.07, 6.45) is 6.44. The quantitative estimate of drug-likeness (QED) is 0.624. The molecule has 3 heteroatoms. The molecule has 1 fully saturated rings. The zero-order valence-corrected chi connectivity index (χ0v) is 9.12. The molecule has 0 atom stereocenters. The summed E-state index contributed by atoms with van der Waals surface area (Å²) >= 11 is 0. The number of hydrogen-bond donors (Lipinski definition) is 2. The van der Waals surface area contributed by atoms with Gasteiger partial charge in [-0.1, -0.05) is 12.8 Å². The summed E-state index contributed by atoms with van der Waals surface area (Å²) in [5.74, 6) is 0.913. The van der Waals surface area contributed by atoms with E-state index in [0.29, 0.717) is 6.61 Å². The number of likely N-dealkylation sites (tertiary alicyclic amines) is 1. The number of β-amino-alcohol motifs (C(OH)–C–C–N with tert-alkyl or cyclic N) is 1. The van der Waals surface area contributed by atoms with Crippen LogP contribution in [0.1, 0.15) is 32.1 Å². The van der Waals surface area contributed by atoms with Crippen LogP contribution in [0.15, 0.2) is 0 Å². The first-order valence-electron chi connectivity index (χ1n) is 5.90. The maximum absolute atomic E-state index is 8.80. The predicted octanol–water partition coefficient (Wildman–Crippen LogP) is 0.820. The number of piperidine rings is 1. The molecule has 3 N–H and O–H groups in total. The van der Waals surface area contributed by atoms with Crippen molar-refractivity contribution in [2.45, 2.75) is 32.1 Å². The SMILES string of the molecule is NCCCCC1CCN(CCO)CC1. The average Bonchev–Trinajstić information content (AvgIpc) is 2.21. The molecule has 1 aliphatic heterocycles. The highest BCUT2D eigenvalue weighted by Crippen LogP contribution is 2.21. The maximum atomic E-state index is 8.80. The molecule has 0 radical (unpaired) electrons. The highest BCUT2D eigenvalue weighted by atomic mass is 16.3. The molecule has 0 spiro atoms. The van der Waals surface area contributed by atoms with E-state index in [2.05, 4.69) is 4.90 Å². The van der Waals surface area contributed by atoms with E-state index in [1.807, 2.05) is 0 Å². The number of nitrogens with zero attached hydrogens (tertiary/aromatic N) is 1. The fraction of sp³-hybridized carbons (Fsp3) is 1.00. The van der Waals surface area contributed by atoms with Crippen molar-refractivity contribution < 1.29 is 5.11 Å². The van der Waals surface area contributed by atoms with Gasteiger partial charge in [0, 0.05) is 6.54 Å². The lowest BCUT2D eigenvalue weighted by Crippen LogP contribution is -2.35. The van der Waals surface area contributed by atoms with Gasteiger partial charge in [0.15, 0.2) is 0 Å². The summed E-state index contributed by atoms with van der Waals surface area (Å²) in [5, 5.41) is 8.80. The smallest absolute Gasteiger partial charge is 0.0558 e. The second kappa shape index (κ2) is 7.21. The van der Waals surface area contributed by atoms with Crippen LogP contribution >= 0.6 is 0 Å². The molecule has 84 valence electrons. The number of unbranched alkanes of at least 4 members (excludes halogenated alkanes) is 1. The Kier molecular flexibility index (Phi) is 6.15. The van der Waals surface area contributed by atoms with Crippen molar-refractivity contribution in [2.24, 2.45) is 11.7 Å². The molecule has 3 nitrogen and oxygen atoms in total. The van der Waals surface area contributed by atoms with Crippen LogP contribution in [0, 0.1) is 5.92 Å². The van der Waals surface area contributed by atoms with Crippen molar-refractivity contribution in [3.8, 4) is 0 Å². The largest absolute Gasteiger partial charge is 0.395 e. The molecule has 0 saturated carbocycles. The average molecular weight is 200 g/mol. The van der Waals surface area contributed by atoms with Gasteiger partial charge in [-0.3, -0.25) is 0 Å². The molecule has 0 aromatic carbocycles. The first-order chi connectivity index (χ1) is 6.86. The maximum Gasteiger partial charge on any atom is 0.0558 e. The van der Waals surface area contributed by atoms with Crippen LogP contribution in [0.2, 0.25) is 0 Å². The topological polar surface area (TPSA) is 49.5 Å². The Labute approximate surface area is 87.3 Å². The van der Waals surface area contributed by atoms with Crippen LogP contribution in [0.4, 0.5) is 0 Å². The minimum Gasteiger partial charge on any atom is -0.395 e. The van der Waals surface area contributed by atoms with Crippen LogP contribution in [0.25, 0.3) is 0 Å². The third-order valence-corrected chi connectivity index (χ3v) is 3.19. The van der Waals surface area contributed by atoms with Gasteiger partial charge in [-0.25, -0.2) is 0 Å². The van der Waals surface area contributed by atoms with E-state index in [4.69, 9.17) is 10.8 Å². The second-order valence-electron chi connectivity index (χ2n) is 4.29. The van der Waals surface area contributed by atoms with E-state index in [9.17, 15) is 0 Å². The minimum atomic E-state index is 0.303. The minimum absolute atomic E-state index is 0.303. The van der Waals surface area contributed by atoms with Crippen molar-refractivity contribution in [1.82, 2.24) is 4.90 Å². The summed E-state index contributed by atoms with van der Waals surface area (Å²) < 4.78 is 0. The summed E-state index contributed by atoms with van der Waals surface area (Å²) in [6, 6.07) is 0. The van der Waals surface area contributed by atoms with Gasteiger partial charge in [0.05, 0.1) is 6.61 Å². The molecular weight excluding hydrogens is 176 g/mol. The molecule has 0 amide bonds. The molecule has 0 aromatic rings. The molecule has 1 heterocycles. The number of aliphatic hydroxyl groups is 1. The molecule has 1 rings (SSSR count). The Morgan fingerprint density at radius 2 is 1.93 bits per heavy atom. The Bertz CT molecular complexity index is 133. The molecule has 0 aliphatic carbocycles. The Balaban J connectivity index is 2.03. The number of rotatable bonds is 6. The van der Waals surface area contributed by atoms with E-state index in [0.717, 1.165) is 19.0 Å². The fourth-order valence-electron chi connectivity index (χ4n) is 2.22.